The van der Waals surface area contributed by atoms with Crippen LogP contribution in [-0.2, 0) is 0 Å². The number of nitrogens with zero attached hydrogens (tertiary/aromatic N) is 3. The lowest BCUT2D eigenvalue weighted by molar-refractivity contribution is 0.526. The second-order valence-electron chi connectivity index (χ2n) is 2.81. The third-order valence-corrected chi connectivity index (χ3v) is 1.72. The monoisotopic (exact) mass is 214 g/mol. The molecule has 78 valence electrons. The number of rotatable bonds is 1. The number of anilines is 1. The van der Waals surface area contributed by atoms with E-state index in [1.807, 2.05) is 0 Å². The largest absolute Gasteiger partial charge is 0.381 e. The smallest absolute Gasteiger partial charge is 0.166 e. The number of nitrogen functional groups attached to an aromatic ring is 1. The zero-order valence-corrected chi connectivity index (χ0v) is 7.28. The lowest BCUT2D eigenvalue weighted by atomic mass is 10.3. The van der Waals surface area contributed by atoms with Gasteiger partial charge in [-0.15, -0.1) is 5.10 Å². The van der Waals surface area contributed by atoms with Crippen LogP contribution in [0.1, 0.15) is 0 Å². The van der Waals surface area contributed by atoms with Crippen molar-refractivity contribution in [1.82, 2.24) is 15.0 Å². The van der Waals surface area contributed by atoms with E-state index in [0.717, 1.165) is 10.9 Å². The van der Waals surface area contributed by atoms with E-state index < -0.39 is 23.1 Å². The summed E-state index contributed by atoms with van der Waals surface area (Å²) in [5.74, 6) is -3.13. The fourth-order valence-corrected chi connectivity index (χ4v) is 1.14. The molecule has 0 amide bonds. The third kappa shape index (κ3) is 1.63. The van der Waals surface area contributed by atoms with Crippen molar-refractivity contribution in [1.29, 1.82) is 0 Å². The molecule has 0 bridgehead atoms. The molecule has 0 saturated carbocycles. The maximum atomic E-state index is 13.2. The minimum atomic E-state index is -1.07. The molecule has 0 atom stereocenters. The highest BCUT2D eigenvalue weighted by Crippen LogP contribution is 2.18. The topological polar surface area (TPSA) is 56.7 Å². The van der Waals surface area contributed by atoms with Crippen LogP contribution in [0.5, 0.6) is 0 Å². The standard InChI is InChI=1S/C8H5F3N4/c9-4-1-5(10)8(6(11)2-4)15-3-7(12)13-14-15/h1-3H,12H2. The van der Waals surface area contributed by atoms with Crippen molar-refractivity contribution in [2.45, 2.75) is 0 Å². The zero-order chi connectivity index (χ0) is 11.0. The molecule has 1 aromatic heterocycles. The van der Waals surface area contributed by atoms with Crippen LogP contribution in [0.2, 0.25) is 0 Å². The molecule has 0 unspecified atom stereocenters. The maximum absolute atomic E-state index is 13.2. The Labute approximate surface area is 82.1 Å². The molecule has 0 aliphatic carbocycles. The summed E-state index contributed by atoms with van der Waals surface area (Å²) in [5, 5.41) is 6.74. The maximum Gasteiger partial charge on any atom is 0.166 e. The summed E-state index contributed by atoms with van der Waals surface area (Å²) in [6.45, 7) is 0. The average Bonchev–Trinajstić information content (AvgIpc) is 2.49. The Balaban J connectivity index is 2.62. The van der Waals surface area contributed by atoms with Crippen molar-refractivity contribution in [3.05, 3.63) is 35.8 Å². The van der Waals surface area contributed by atoms with Gasteiger partial charge in [-0.2, -0.15) is 0 Å². The van der Waals surface area contributed by atoms with Crippen molar-refractivity contribution < 1.29 is 13.2 Å². The summed E-state index contributed by atoms with van der Waals surface area (Å²) in [7, 11) is 0. The van der Waals surface area contributed by atoms with Gasteiger partial charge in [0.2, 0.25) is 0 Å². The van der Waals surface area contributed by atoms with Crippen LogP contribution >= 0.6 is 0 Å². The van der Waals surface area contributed by atoms with E-state index in [9.17, 15) is 13.2 Å². The van der Waals surface area contributed by atoms with Gasteiger partial charge in [0.25, 0.3) is 0 Å². The molecule has 2 rings (SSSR count). The highest BCUT2D eigenvalue weighted by molar-refractivity contribution is 5.37. The van der Waals surface area contributed by atoms with Gasteiger partial charge in [-0.05, 0) is 0 Å². The van der Waals surface area contributed by atoms with Gasteiger partial charge in [-0.1, -0.05) is 5.21 Å². The predicted octanol–water partition coefficient (Wildman–Crippen LogP) is 1.27. The number of benzene rings is 1. The van der Waals surface area contributed by atoms with Gasteiger partial charge < -0.3 is 5.73 Å². The van der Waals surface area contributed by atoms with Gasteiger partial charge in [0, 0.05) is 12.1 Å². The third-order valence-electron chi connectivity index (χ3n) is 1.72. The summed E-state index contributed by atoms with van der Waals surface area (Å²) in [6, 6.07) is 1.10. The molecular weight excluding hydrogens is 209 g/mol. The Bertz CT molecular complexity index is 485. The van der Waals surface area contributed by atoms with E-state index in [1.54, 1.807) is 0 Å². The minimum absolute atomic E-state index is 0.0122. The van der Waals surface area contributed by atoms with Crippen LogP contribution in [0.25, 0.3) is 5.69 Å². The lowest BCUT2D eigenvalue weighted by Gasteiger charge is -2.03. The molecule has 0 radical (unpaired) electrons. The second-order valence-corrected chi connectivity index (χ2v) is 2.81. The first-order chi connectivity index (χ1) is 7.08. The Hall–Kier alpha value is -2.05. The molecule has 0 aliphatic rings. The fraction of sp³-hybridized carbons (Fsp3) is 0. The van der Waals surface area contributed by atoms with Gasteiger partial charge >= 0.3 is 0 Å². The van der Waals surface area contributed by atoms with Crippen LogP contribution in [0.4, 0.5) is 19.0 Å². The summed E-state index contributed by atoms with van der Waals surface area (Å²) < 4.78 is 39.8. The summed E-state index contributed by atoms with van der Waals surface area (Å²) >= 11 is 0. The number of halogens is 3. The van der Waals surface area contributed by atoms with Gasteiger partial charge in [0.1, 0.15) is 11.5 Å². The van der Waals surface area contributed by atoms with Crippen LogP contribution in [-0.4, -0.2) is 15.0 Å². The first-order valence-corrected chi connectivity index (χ1v) is 3.90. The molecule has 0 aliphatic heterocycles. The molecule has 1 heterocycles. The number of hydrogen-bond acceptors (Lipinski definition) is 3. The summed E-state index contributed by atoms with van der Waals surface area (Å²) in [6.07, 6.45) is 1.12. The number of hydrogen-bond donors (Lipinski definition) is 1. The van der Waals surface area contributed by atoms with Crippen LogP contribution < -0.4 is 5.73 Å². The molecule has 15 heavy (non-hydrogen) atoms. The van der Waals surface area contributed by atoms with Crippen molar-refractivity contribution in [3.63, 3.8) is 0 Å². The zero-order valence-electron chi connectivity index (χ0n) is 7.28. The average molecular weight is 214 g/mol. The van der Waals surface area contributed by atoms with Crippen LogP contribution in [0, 0.1) is 17.5 Å². The van der Waals surface area contributed by atoms with E-state index in [1.165, 1.54) is 0 Å². The van der Waals surface area contributed by atoms with Crippen LogP contribution in [0.3, 0.4) is 0 Å². The quantitative estimate of drug-likeness (QED) is 0.777. The van der Waals surface area contributed by atoms with Crippen molar-refractivity contribution in [3.8, 4) is 5.69 Å². The van der Waals surface area contributed by atoms with Gasteiger partial charge in [-0.3, -0.25) is 0 Å². The minimum Gasteiger partial charge on any atom is -0.381 e. The SMILES string of the molecule is Nc1cn(-c2c(F)cc(F)cc2F)nn1. The van der Waals surface area contributed by atoms with E-state index in [4.69, 9.17) is 5.73 Å². The molecular formula is C8H5F3N4. The highest BCUT2D eigenvalue weighted by Gasteiger charge is 2.14. The normalized spacial score (nSPS) is 10.6. The predicted molar refractivity (Wildman–Crippen MR) is 45.6 cm³/mol. The van der Waals surface area contributed by atoms with Gasteiger partial charge in [0.05, 0.1) is 6.20 Å². The molecule has 7 heteroatoms. The van der Waals surface area contributed by atoms with Crippen molar-refractivity contribution in [2.24, 2.45) is 0 Å². The Morgan fingerprint density at radius 1 is 1.13 bits per heavy atom. The van der Waals surface area contributed by atoms with Gasteiger partial charge in [-0.25, -0.2) is 17.9 Å². The molecule has 2 N–H and O–H groups in total. The van der Waals surface area contributed by atoms with E-state index in [2.05, 4.69) is 10.3 Å². The molecule has 0 spiro atoms. The van der Waals surface area contributed by atoms with Crippen LogP contribution in [0.15, 0.2) is 18.3 Å². The Morgan fingerprint density at radius 3 is 2.20 bits per heavy atom. The van der Waals surface area contributed by atoms with Crippen molar-refractivity contribution in [2.75, 3.05) is 5.73 Å². The van der Waals surface area contributed by atoms with E-state index >= 15 is 0 Å². The first-order valence-electron chi connectivity index (χ1n) is 3.90. The van der Waals surface area contributed by atoms with Crippen molar-refractivity contribution >= 4 is 5.82 Å². The molecule has 2 aromatic rings. The summed E-state index contributed by atoms with van der Waals surface area (Å²) in [5.41, 5.74) is 4.72. The second kappa shape index (κ2) is 3.26. The van der Waals surface area contributed by atoms with Gasteiger partial charge in [0.15, 0.2) is 17.5 Å². The number of aromatic nitrogens is 3. The fourth-order valence-electron chi connectivity index (χ4n) is 1.14. The Morgan fingerprint density at radius 2 is 1.73 bits per heavy atom. The summed E-state index contributed by atoms with van der Waals surface area (Å²) in [4.78, 5) is 0. The lowest BCUT2D eigenvalue weighted by Crippen LogP contribution is -2.03. The molecule has 0 fully saturated rings. The molecule has 4 nitrogen and oxygen atoms in total. The highest BCUT2D eigenvalue weighted by atomic mass is 19.1. The molecule has 1 aromatic carbocycles. The first kappa shape index (κ1) is 9.50. The van der Waals surface area contributed by atoms with E-state index in [0.29, 0.717) is 12.1 Å². The number of nitrogens with two attached hydrogens (primary N) is 1. The Kier molecular flexibility index (Phi) is 2.07. The van der Waals surface area contributed by atoms with E-state index in [-0.39, 0.29) is 5.82 Å². The molecule has 0 saturated heterocycles.